The number of ether oxygens (including phenoxy) is 1. The van der Waals surface area contributed by atoms with Crippen LogP contribution in [0.1, 0.15) is 42.5 Å². The van der Waals surface area contributed by atoms with Crippen LogP contribution in [0.3, 0.4) is 0 Å². The second kappa shape index (κ2) is 5.98. The lowest BCUT2D eigenvalue weighted by molar-refractivity contribution is -0.0498. The maximum Gasteiger partial charge on any atom is 0.387 e. The molecule has 0 amide bonds. The lowest BCUT2D eigenvalue weighted by Gasteiger charge is -2.16. The molecule has 23 heavy (non-hydrogen) atoms. The number of aromatic carboxylic acids is 1. The predicted molar refractivity (Wildman–Crippen MR) is 80.6 cm³/mol. The predicted octanol–water partition coefficient (Wildman–Crippen LogP) is 3.78. The molecule has 1 aromatic heterocycles. The van der Waals surface area contributed by atoms with Crippen LogP contribution >= 0.6 is 0 Å². The Hall–Kier alpha value is -2.44. The molecule has 0 atom stereocenters. The Bertz CT molecular complexity index is 716. The fraction of sp³-hybridized carbons (Fsp3) is 0.375. The van der Waals surface area contributed by atoms with Gasteiger partial charge in [0.05, 0.1) is 17.1 Å². The first kappa shape index (κ1) is 16.9. The molecule has 1 N–H and O–H groups in total. The number of nitrogens with zero attached hydrogens (tertiary/aromatic N) is 2. The topological polar surface area (TPSA) is 64.3 Å². The van der Waals surface area contributed by atoms with Crippen molar-refractivity contribution in [3.05, 3.63) is 41.2 Å². The number of carboxylic acid groups (broad SMARTS) is 1. The molecule has 124 valence electrons. The van der Waals surface area contributed by atoms with Crippen molar-refractivity contribution >= 4 is 5.97 Å². The van der Waals surface area contributed by atoms with Crippen LogP contribution in [0.2, 0.25) is 0 Å². The Morgan fingerprint density at radius 3 is 2.22 bits per heavy atom. The second-order valence-corrected chi connectivity index (χ2v) is 6.15. The molecular formula is C16H18F2N2O3. The van der Waals surface area contributed by atoms with Gasteiger partial charge in [-0.05, 0) is 31.2 Å². The van der Waals surface area contributed by atoms with Crippen LogP contribution in [-0.4, -0.2) is 27.5 Å². The normalized spacial score (nSPS) is 11.8. The number of hydrogen-bond donors (Lipinski definition) is 1. The van der Waals surface area contributed by atoms with Crippen molar-refractivity contribution in [2.45, 2.75) is 39.7 Å². The quantitative estimate of drug-likeness (QED) is 0.929. The minimum absolute atomic E-state index is 0.0306. The first-order chi connectivity index (χ1) is 10.6. The van der Waals surface area contributed by atoms with E-state index in [0.717, 1.165) is 0 Å². The van der Waals surface area contributed by atoms with E-state index >= 15 is 0 Å². The highest BCUT2D eigenvalue weighted by atomic mass is 19.3. The van der Waals surface area contributed by atoms with E-state index < -0.39 is 18.0 Å². The molecule has 0 radical (unpaired) electrons. The lowest BCUT2D eigenvalue weighted by atomic mass is 9.89. The average Bonchev–Trinajstić information content (AvgIpc) is 2.77. The Labute approximate surface area is 132 Å². The number of carboxylic acids is 1. The number of carbonyl (C=O) groups is 1. The minimum Gasteiger partial charge on any atom is -0.478 e. The van der Waals surface area contributed by atoms with Gasteiger partial charge in [-0.15, -0.1) is 0 Å². The van der Waals surface area contributed by atoms with Crippen LogP contribution in [0, 0.1) is 6.92 Å². The summed E-state index contributed by atoms with van der Waals surface area (Å²) < 4.78 is 30.2. The zero-order valence-corrected chi connectivity index (χ0v) is 13.3. The van der Waals surface area contributed by atoms with E-state index in [0.29, 0.717) is 17.1 Å². The summed E-state index contributed by atoms with van der Waals surface area (Å²) in [7, 11) is 0. The summed E-state index contributed by atoms with van der Waals surface area (Å²) >= 11 is 0. The molecule has 2 rings (SSSR count). The highest BCUT2D eigenvalue weighted by Gasteiger charge is 2.29. The maximum atomic E-state index is 12.2. The van der Waals surface area contributed by atoms with Crippen molar-refractivity contribution in [1.82, 2.24) is 9.78 Å². The number of alkyl halides is 2. The molecule has 0 fully saturated rings. The summed E-state index contributed by atoms with van der Waals surface area (Å²) in [5.74, 6) is -1.01. The fourth-order valence-corrected chi connectivity index (χ4v) is 2.30. The summed E-state index contributed by atoms with van der Waals surface area (Å²) in [5, 5.41) is 13.9. The summed E-state index contributed by atoms with van der Waals surface area (Å²) in [6.07, 6.45) is 0. The molecule has 7 heteroatoms. The number of hydrogen-bond acceptors (Lipinski definition) is 3. The summed E-state index contributed by atoms with van der Waals surface area (Å²) in [6, 6.07) is 5.88. The van der Waals surface area contributed by atoms with Crippen molar-refractivity contribution in [2.75, 3.05) is 0 Å². The Morgan fingerprint density at radius 2 is 1.83 bits per heavy atom. The van der Waals surface area contributed by atoms with E-state index in [1.54, 1.807) is 19.1 Å². The SMILES string of the molecule is Cc1c(C(=O)O)c(C(C)(C)C)nn1-c1ccc(OC(F)F)cc1. The van der Waals surface area contributed by atoms with Gasteiger partial charge in [-0.2, -0.15) is 13.9 Å². The van der Waals surface area contributed by atoms with Crippen LogP contribution < -0.4 is 4.74 Å². The highest BCUT2D eigenvalue weighted by molar-refractivity contribution is 5.90. The van der Waals surface area contributed by atoms with Crippen LogP contribution in [0.5, 0.6) is 5.75 Å². The van der Waals surface area contributed by atoms with Crippen LogP contribution in [0.4, 0.5) is 8.78 Å². The van der Waals surface area contributed by atoms with E-state index in [1.165, 1.54) is 16.8 Å². The Kier molecular flexibility index (Phi) is 4.40. The van der Waals surface area contributed by atoms with Crippen LogP contribution in [-0.2, 0) is 5.41 Å². The molecular weight excluding hydrogens is 306 g/mol. The molecule has 0 bridgehead atoms. The molecule has 0 aliphatic carbocycles. The number of halogens is 2. The third-order valence-electron chi connectivity index (χ3n) is 3.35. The molecule has 1 aromatic carbocycles. The van der Waals surface area contributed by atoms with Crippen molar-refractivity contribution < 1.29 is 23.4 Å². The largest absolute Gasteiger partial charge is 0.478 e. The van der Waals surface area contributed by atoms with Crippen molar-refractivity contribution in [1.29, 1.82) is 0 Å². The van der Waals surface area contributed by atoms with Crippen molar-refractivity contribution in [2.24, 2.45) is 0 Å². The van der Waals surface area contributed by atoms with Gasteiger partial charge in [0.15, 0.2) is 0 Å². The number of rotatable bonds is 4. The third kappa shape index (κ3) is 3.49. The maximum absolute atomic E-state index is 12.2. The highest BCUT2D eigenvalue weighted by Crippen LogP contribution is 2.29. The van der Waals surface area contributed by atoms with Gasteiger partial charge < -0.3 is 9.84 Å². The lowest BCUT2D eigenvalue weighted by Crippen LogP contribution is -2.17. The Morgan fingerprint density at radius 1 is 1.26 bits per heavy atom. The zero-order valence-electron chi connectivity index (χ0n) is 13.3. The zero-order chi connectivity index (χ0) is 17.4. The van der Waals surface area contributed by atoms with E-state index in [2.05, 4.69) is 9.84 Å². The van der Waals surface area contributed by atoms with Gasteiger partial charge in [0.25, 0.3) is 0 Å². The average molecular weight is 324 g/mol. The van der Waals surface area contributed by atoms with E-state index in [9.17, 15) is 18.7 Å². The first-order valence-corrected chi connectivity index (χ1v) is 7.00. The molecule has 0 unspecified atom stereocenters. The van der Waals surface area contributed by atoms with E-state index in [4.69, 9.17) is 0 Å². The number of benzene rings is 1. The monoisotopic (exact) mass is 324 g/mol. The molecule has 0 aliphatic rings. The number of aromatic nitrogens is 2. The van der Waals surface area contributed by atoms with E-state index in [-0.39, 0.29) is 11.3 Å². The molecule has 0 saturated heterocycles. The van der Waals surface area contributed by atoms with Gasteiger partial charge in [-0.25, -0.2) is 9.48 Å². The Balaban J connectivity index is 2.50. The van der Waals surface area contributed by atoms with Gasteiger partial charge in [0.2, 0.25) is 0 Å². The van der Waals surface area contributed by atoms with Gasteiger partial charge >= 0.3 is 12.6 Å². The smallest absolute Gasteiger partial charge is 0.387 e. The van der Waals surface area contributed by atoms with Gasteiger partial charge in [-0.1, -0.05) is 20.8 Å². The van der Waals surface area contributed by atoms with Crippen LogP contribution in [0.25, 0.3) is 5.69 Å². The first-order valence-electron chi connectivity index (χ1n) is 7.00. The minimum atomic E-state index is -2.89. The van der Waals surface area contributed by atoms with Crippen molar-refractivity contribution in [3.8, 4) is 11.4 Å². The summed E-state index contributed by atoms with van der Waals surface area (Å²) in [4.78, 5) is 11.6. The van der Waals surface area contributed by atoms with Gasteiger partial charge in [0.1, 0.15) is 11.3 Å². The summed E-state index contributed by atoms with van der Waals surface area (Å²) in [5.41, 5.74) is 1.23. The molecule has 0 spiro atoms. The second-order valence-electron chi connectivity index (χ2n) is 6.15. The molecule has 1 heterocycles. The fourth-order valence-electron chi connectivity index (χ4n) is 2.30. The van der Waals surface area contributed by atoms with Crippen molar-refractivity contribution in [3.63, 3.8) is 0 Å². The molecule has 5 nitrogen and oxygen atoms in total. The van der Waals surface area contributed by atoms with Gasteiger partial charge in [-0.3, -0.25) is 0 Å². The summed E-state index contributed by atoms with van der Waals surface area (Å²) in [6.45, 7) is 4.41. The molecule has 2 aromatic rings. The molecule has 0 aliphatic heterocycles. The third-order valence-corrected chi connectivity index (χ3v) is 3.35. The molecule has 0 saturated carbocycles. The standard InChI is InChI=1S/C16H18F2N2O3/c1-9-12(14(21)22)13(16(2,3)4)19-20(9)10-5-7-11(8-6-10)23-15(17)18/h5-8,15H,1-4H3,(H,21,22). The van der Waals surface area contributed by atoms with Gasteiger partial charge in [0, 0.05) is 5.41 Å². The van der Waals surface area contributed by atoms with E-state index in [1.807, 2.05) is 20.8 Å². The van der Waals surface area contributed by atoms with Crippen LogP contribution in [0.15, 0.2) is 24.3 Å².